The molecule has 9 heteroatoms. The molecule has 0 bridgehead atoms. The molecule has 2 rings (SSSR count). The second-order valence-electron chi connectivity index (χ2n) is 4.87. The van der Waals surface area contributed by atoms with Gasteiger partial charge in [-0.3, -0.25) is 14.9 Å². The molecule has 22 heavy (non-hydrogen) atoms. The maximum Gasteiger partial charge on any atom is 0.248 e. The minimum Gasteiger partial charge on any atom is -0.358 e. The number of nitrogens with one attached hydrogen (secondary N) is 2. The summed E-state index contributed by atoms with van der Waals surface area (Å²) in [6, 6.07) is 0. The van der Waals surface area contributed by atoms with Gasteiger partial charge in [0.1, 0.15) is 12.9 Å². The molecule has 0 fully saturated rings. The van der Waals surface area contributed by atoms with Crippen molar-refractivity contribution in [3.63, 3.8) is 0 Å². The third-order valence-electron chi connectivity index (χ3n) is 3.18. The molecule has 9 nitrogen and oxygen atoms in total. The van der Waals surface area contributed by atoms with E-state index in [2.05, 4.69) is 36.9 Å². The molecular formula is C13H17N7O2. The van der Waals surface area contributed by atoms with Crippen LogP contribution in [0.3, 0.4) is 0 Å². The van der Waals surface area contributed by atoms with E-state index < -0.39 is 5.66 Å². The number of terminal acetylenes is 1. The second-order valence-corrected chi connectivity index (χ2v) is 4.87. The molecule has 1 aromatic heterocycles. The van der Waals surface area contributed by atoms with Gasteiger partial charge in [-0.15, -0.1) is 17.4 Å². The summed E-state index contributed by atoms with van der Waals surface area (Å²) in [5.74, 6) is 2.28. The van der Waals surface area contributed by atoms with Crippen LogP contribution in [0.25, 0.3) is 0 Å². The lowest BCUT2D eigenvalue weighted by atomic mass is 10.0. The van der Waals surface area contributed by atoms with Gasteiger partial charge in [-0.2, -0.15) is 10.2 Å². The minimum atomic E-state index is -0.476. The largest absolute Gasteiger partial charge is 0.358 e. The molecule has 1 aliphatic rings. The summed E-state index contributed by atoms with van der Waals surface area (Å²) in [6.45, 7) is 0.0479. The van der Waals surface area contributed by atoms with Gasteiger partial charge in [0, 0.05) is 32.7 Å². The summed E-state index contributed by atoms with van der Waals surface area (Å²) in [5.41, 5.74) is -0.476. The number of hydrogen-bond donors (Lipinski definition) is 2. The lowest BCUT2D eigenvalue weighted by Crippen LogP contribution is -2.24. The fourth-order valence-electron chi connectivity index (χ4n) is 1.82. The van der Waals surface area contributed by atoms with Gasteiger partial charge in [0.15, 0.2) is 5.66 Å². The van der Waals surface area contributed by atoms with E-state index in [1.165, 1.54) is 18.1 Å². The number of likely N-dealkylation sites (N-methyl/N-ethyl adjacent to an activating group) is 1. The molecule has 2 heterocycles. The Morgan fingerprint density at radius 3 is 2.77 bits per heavy atom. The Kier molecular flexibility index (Phi) is 4.83. The summed E-state index contributed by atoms with van der Waals surface area (Å²) >= 11 is 0. The lowest BCUT2D eigenvalue weighted by molar-refractivity contribution is -0.121. The highest BCUT2D eigenvalue weighted by atomic mass is 16.2. The molecule has 0 aromatic carbocycles. The van der Waals surface area contributed by atoms with Crippen molar-refractivity contribution >= 4 is 17.8 Å². The smallest absolute Gasteiger partial charge is 0.248 e. The predicted molar refractivity (Wildman–Crippen MR) is 77.6 cm³/mol. The first-order valence-corrected chi connectivity index (χ1v) is 6.84. The molecule has 2 N–H and O–H groups in total. The number of hydrogen-bond acceptors (Lipinski definition) is 6. The van der Waals surface area contributed by atoms with Crippen molar-refractivity contribution in [2.45, 2.75) is 37.9 Å². The van der Waals surface area contributed by atoms with Gasteiger partial charge in [-0.05, 0) is 0 Å². The van der Waals surface area contributed by atoms with Crippen LogP contribution in [0.1, 0.15) is 25.7 Å². The molecule has 0 spiro atoms. The van der Waals surface area contributed by atoms with Crippen LogP contribution < -0.4 is 10.6 Å². The molecule has 116 valence electrons. The average molecular weight is 303 g/mol. The number of anilines is 1. The highest BCUT2D eigenvalue weighted by Crippen LogP contribution is 2.37. The zero-order valence-corrected chi connectivity index (χ0v) is 12.2. The quantitative estimate of drug-likeness (QED) is 0.673. The van der Waals surface area contributed by atoms with Gasteiger partial charge >= 0.3 is 0 Å². The first-order valence-electron chi connectivity index (χ1n) is 6.84. The highest BCUT2D eigenvalue weighted by molar-refractivity contribution is 5.88. The van der Waals surface area contributed by atoms with Crippen molar-refractivity contribution in [2.24, 2.45) is 10.2 Å². The average Bonchev–Trinajstić information content (AvgIpc) is 3.16. The van der Waals surface area contributed by atoms with E-state index in [0.29, 0.717) is 19.3 Å². The van der Waals surface area contributed by atoms with Crippen molar-refractivity contribution < 1.29 is 9.59 Å². The van der Waals surface area contributed by atoms with Crippen LogP contribution in [-0.2, 0) is 16.1 Å². The zero-order chi connectivity index (χ0) is 16.0. The molecular weight excluding hydrogens is 286 g/mol. The van der Waals surface area contributed by atoms with E-state index in [-0.39, 0.29) is 30.7 Å². The van der Waals surface area contributed by atoms with Gasteiger partial charge < -0.3 is 5.32 Å². The Morgan fingerprint density at radius 2 is 2.14 bits per heavy atom. The van der Waals surface area contributed by atoms with Gasteiger partial charge in [0.2, 0.25) is 17.8 Å². The molecule has 2 amide bonds. The van der Waals surface area contributed by atoms with Crippen LogP contribution in [0.5, 0.6) is 0 Å². The van der Waals surface area contributed by atoms with Crippen molar-refractivity contribution in [1.29, 1.82) is 0 Å². The van der Waals surface area contributed by atoms with Gasteiger partial charge in [0.25, 0.3) is 0 Å². The van der Waals surface area contributed by atoms with E-state index in [9.17, 15) is 9.59 Å². The van der Waals surface area contributed by atoms with Crippen LogP contribution in [0.2, 0.25) is 0 Å². The van der Waals surface area contributed by atoms with E-state index >= 15 is 0 Å². The number of nitrogens with zero attached hydrogens (tertiary/aromatic N) is 5. The summed E-state index contributed by atoms with van der Waals surface area (Å²) in [4.78, 5) is 27.0. The highest BCUT2D eigenvalue weighted by Gasteiger charge is 2.39. The van der Waals surface area contributed by atoms with E-state index in [1.54, 1.807) is 0 Å². The Bertz CT molecular complexity index is 623. The number of aromatic nitrogens is 3. The summed E-state index contributed by atoms with van der Waals surface area (Å²) < 4.78 is 1.34. The third kappa shape index (κ3) is 4.37. The number of amides is 2. The normalized spacial score (nSPS) is 14.2. The van der Waals surface area contributed by atoms with Gasteiger partial charge in [-0.25, -0.2) is 9.67 Å². The monoisotopic (exact) mass is 303 g/mol. The van der Waals surface area contributed by atoms with Gasteiger partial charge in [0.05, 0.1) is 0 Å². The summed E-state index contributed by atoms with van der Waals surface area (Å²) in [6.07, 6.45) is 8.60. The Balaban J connectivity index is 1.75. The molecule has 1 aliphatic heterocycles. The lowest BCUT2D eigenvalue weighted by Gasteiger charge is -2.07. The van der Waals surface area contributed by atoms with Crippen LogP contribution in [0, 0.1) is 12.3 Å². The molecule has 0 saturated heterocycles. The van der Waals surface area contributed by atoms with Gasteiger partial charge in [-0.1, -0.05) is 0 Å². The number of carbonyl (C=O) groups excluding carboxylic acids is 2. The van der Waals surface area contributed by atoms with Crippen molar-refractivity contribution in [3.8, 4) is 12.3 Å². The van der Waals surface area contributed by atoms with Crippen molar-refractivity contribution in [1.82, 2.24) is 20.1 Å². The Hall–Kier alpha value is -2.76. The van der Waals surface area contributed by atoms with E-state index in [4.69, 9.17) is 6.42 Å². The topological polar surface area (TPSA) is 114 Å². The Morgan fingerprint density at radius 1 is 1.36 bits per heavy atom. The molecule has 0 saturated carbocycles. The maximum atomic E-state index is 11.8. The minimum absolute atomic E-state index is 0.0479. The van der Waals surface area contributed by atoms with Crippen LogP contribution in [0.4, 0.5) is 5.95 Å². The van der Waals surface area contributed by atoms with Crippen LogP contribution >= 0.6 is 0 Å². The third-order valence-corrected chi connectivity index (χ3v) is 3.18. The molecule has 1 aromatic rings. The Labute approximate surface area is 127 Å². The SMILES string of the molecule is C#CCCC1(CCC(=O)Nc2ncn(CC(=O)NC)n2)N=N1. The fraction of sp³-hybridized carbons (Fsp3) is 0.538. The standard InChI is InChI=1S/C13H17N7O2/c1-3-4-6-13(18-19-13)7-5-10(21)16-12-15-9-20(17-12)8-11(22)14-2/h1,9H,4-8H2,2H3,(H,14,22)(H,16,17,21). The summed E-state index contributed by atoms with van der Waals surface area (Å²) in [7, 11) is 1.53. The van der Waals surface area contributed by atoms with E-state index in [0.717, 1.165) is 0 Å². The first kappa shape index (κ1) is 15.6. The zero-order valence-electron chi connectivity index (χ0n) is 12.2. The maximum absolute atomic E-state index is 11.8. The number of carbonyl (C=O) groups is 2. The van der Waals surface area contributed by atoms with Crippen molar-refractivity contribution in [3.05, 3.63) is 6.33 Å². The first-order chi connectivity index (χ1) is 10.6. The van der Waals surface area contributed by atoms with E-state index in [1.807, 2.05) is 0 Å². The molecule has 0 unspecified atom stereocenters. The number of rotatable bonds is 8. The fourth-order valence-corrected chi connectivity index (χ4v) is 1.82. The molecule has 0 atom stereocenters. The molecule has 0 radical (unpaired) electrons. The predicted octanol–water partition coefficient (Wildman–Crippen LogP) is 0.318. The van der Waals surface area contributed by atoms with Crippen molar-refractivity contribution in [2.75, 3.05) is 12.4 Å². The molecule has 0 aliphatic carbocycles. The second kappa shape index (κ2) is 6.80. The van der Waals surface area contributed by atoms with Crippen LogP contribution in [0.15, 0.2) is 16.6 Å². The summed E-state index contributed by atoms with van der Waals surface area (Å²) in [5, 5.41) is 17.0. The van der Waals surface area contributed by atoms with Crippen LogP contribution in [-0.4, -0.2) is 39.3 Å².